The SMILES string of the molecule is CC1=CC2(c3ccc(-c4ccc5sc6ccccc6c5c4)cc3-c3c(-c4ccc(-c5ccccc5)cc4)cc(-c4ccc(-c5ccc(N(c6ccccc6)c6ccccc6)cc5)cc4)cc32)C2CC(C)CC1C2. The molecule has 1 nitrogen and oxygen atoms in total. The first-order chi connectivity index (χ1) is 35.9. The Balaban J connectivity index is 0.921. The summed E-state index contributed by atoms with van der Waals surface area (Å²) in [7, 11) is 0. The van der Waals surface area contributed by atoms with Gasteiger partial charge in [-0.3, -0.25) is 0 Å². The van der Waals surface area contributed by atoms with Gasteiger partial charge in [-0.05, 0) is 195 Å². The van der Waals surface area contributed by atoms with E-state index in [0.29, 0.717) is 17.8 Å². The number of nitrogens with zero attached hydrogens (tertiary/aromatic N) is 1. The molecule has 0 N–H and O–H groups in total. The Morgan fingerprint density at radius 1 is 0.397 bits per heavy atom. The zero-order chi connectivity index (χ0) is 48.6. The van der Waals surface area contributed by atoms with Crippen LogP contribution in [0.1, 0.15) is 44.2 Å². The highest BCUT2D eigenvalue weighted by molar-refractivity contribution is 7.25. The van der Waals surface area contributed by atoms with Gasteiger partial charge in [0.25, 0.3) is 0 Å². The van der Waals surface area contributed by atoms with Gasteiger partial charge in [0.05, 0.1) is 0 Å². The van der Waals surface area contributed by atoms with E-state index in [-0.39, 0.29) is 5.41 Å². The molecule has 10 aromatic carbocycles. The van der Waals surface area contributed by atoms with Crippen LogP contribution in [0, 0.1) is 17.8 Å². The number of anilines is 3. The van der Waals surface area contributed by atoms with Crippen LogP contribution >= 0.6 is 11.3 Å². The van der Waals surface area contributed by atoms with E-state index >= 15 is 0 Å². The number of rotatable bonds is 8. The minimum absolute atomic E-state index is 0.226. The predicted octanol–water partition coefficient (Wildman–Crippen LogP) is 20.1. The molecule has 73 heavy (non-hydrogen) atoms. The zero-order valence-electron chi connectivity index (χ0n) is 41.3. The van der Waals surface area contributed by atoms with Gasteiger partial charge >= 0.3 is 0 Å². The molecule has 0 aliphatic heterocycles. The molecule has 1 aromatic heterocycles. The molecular weight excluding hydrogens is 899 g/mol. The average Bonchev–Trinajstić information content (AvgIpc) is 3.96. The summed E-state index contributed by atoms with van der Waals surface area (Å²) in [5.74, 6) is 1.84. The molecular formula is C71H55NS. The first-order valence-corrected chi connectivity index (χ1v) is 27.0. The van der Waals surface area contributed by atoms with E-state index in [1.807, 2.05) is 11.3 Å². The summed E-state index contributed by atoms with van der Waals surface area (Å²) in [5, 5.41) is 2.68. The van der Waals surface area contributed by atoms with Crippen molar-refractivity contribution in [3.63, 3.8) is 0 Å². The lowest BCUT2D eigenvalue weighted by Gasteiger charge is -2.49. The van der Waals surface area contributed by atoms with Crippen molar-refractivity contribution in [1.82, 2.24) is 0 Å². The van der Waals surface area contributed by atoms with E-state index in [1.165, 1.54) is 117 Å². The van der Waals surface area contributed by atoms with Crippen LogP contribution in [0.15, 0.2) is 248 Å². The Morgan fingerprint density at radius 2 is 0.904 bits per heavy atom. The maximum atomic E-state index is 2.75. The van der Waals surface area contributed by atoms with Crippen LogP contribution in [0.25, 0.3) is 86.9 Å². The molecule has 2 heteroatoms. The molecule has 0 radical (unpaired) electrons. The molecule has 350 valence electrons. The molecule has 4 unspecified atom stereocenters. The van der Waals surface area contributed by atoms with Gasteiger partial charge in [-0.2, -0.15) is 0 Å². The monoisotopic (exact) mass is 953 g/mol. The number of fused-ring (bicyclic) bond motifs is 11. The molecule has 1 fully saturated rings. The van der Waals surface area contributed by atoms with Gasteiger partial charge < -0.3 is 4.90 Å². The molecule has 1 saturated carbocycles. The van der Waals surface area contributed by atoms with Crippen LogP contribution in [0.5, 0.6) is 0 Å². The third-order valence-electron chi connectivity index (χ3n) is 16.7. The van der Waals surface area contributed by atoms with E-state index < -0.39 is 0 Å². The van der Waals surface area contributed by atoms with Crippen molar-refractivity contribution in [3.05, 3.63) is 259 Å². The zero-order valence-corrected chi connectivity index (χ0v) is 42.1. The van der Waals surface area contributed by atoms with E-state index in [0.717, 1.165) is 17.1 Å². The van der Waals surface area contributed by atoms with Crippen molar-refractivity contribution >= 4 is 48.6 Å². The van der Waals surface area contributed by atoms with E-state index in [2.05, 4.69) is 261 Å². The van der Waals surface area contributed by atoms with Crippen LogP contribution in [0.3, 0.4) is 0 Å². The highest BCUT2D eigenvalue weighted by Gasteiger charge is 2.53. The summed E-state index contributed by atoms with van der Waals surface area (Å²) in [5.41, 5.74) is 22.9. The summed E-state index contributed by atoms with van der Waals surface area (Å²) in [6.07, 6.45) is 6.51. The summed E-state index contributed by atoms with van der Waals surface area (Å²) < 4.78 is 2.68. The lowest BCUT2D eigenvalue weighted by Crippen LogP contribution is -2.42. The molecule has 2 bridgehead atoms. The Labute approximate surface area is 433 Å². The second-order valence-electron chi connectivity index (χ2n) is 21.1. The van der Waals surface area contributed by atoms with Crippen molar-refractivity contribution in [2.45, 2.75) is 38.5 Å². The minimum Gasteiger partial charge on any atom is -0.311 e. The standard InChI is InChI=1S/C71H55NS/c1-46-38-56-40-58(39-46)71(45-47(56)2)66-36-32-54(55-33-37-69-64(41-55)62-20-12-13-21-68(62)73-69)42-65(66)70-63(53-28-26-49(27-29-53)48-14-6-3-7-15-48)43-57(44-67(70)71)52-24-22-50(23-25-52)51-30-34-61(35-31-51)72(59-16-8-4-9-17-59)60-18-10-5-11-19-60/h3-37,41-46,56,58H,38-40H2,1-2H3. The number of para-hydroxylation sites is 2. The second kappa shape index (κ2) is 17.6. The average molecular weight is 954 g/mol. The summed E-state index contributed by atoms with van der Waals surface area (Å²) in [4.78, 5) is 2.32. The highest BCUT2D eigenvalue weighted by Crippen LogP contribution is 2.64. The summed E-state index contributed by atoms with van der Waals surface area (Å²) in [6.45, 7) is 4.94. The van der Waals surface area contributed by atoms with Crippen LogP contribution in [0.4, 0.5) is 17.1 Å². The second-order valence-corrected chi connectivity index (χ2v) is 22.1. The van der Waals surface area contributed by atoms with Gasteiger partial charge in [0.1, 0.15) is 0 Å². The first-order valence-electron chi connectivity index (χ1n) is 26.2. The largest absolute Gasteiger partial charge is 0.311 e. The van der Waals surface area contributed by atoms with Crippen LogP contribution in [-0.4, -0.2) is 0 Å². The van der Waals surface area contributed by atoms with E-state index in [9.17, 15) is 0 Å². The third-order valence-corrected chi connectivity index (χ3v) is 17.9. The topological polar surface area (TPSA) is 3.24 Å². The van der Waals surface area contributed by atoms with Crippen molar-refractivity contribution in [2.75, 3.05) is 4.90 Å². The van der Waals surface area contributed by atoms with Crippen molar-refractivity contribution in [1.29, 1.82) is 0 Å². The van der Waals surface area contributed by atoms with E-state index in [1.54, 1.807) is 5.57 Å². The van der Waals surface area contributed by atoms with Gasteiger partial charge in [0, 0.05) is 42.6 Å². The maximum Gasteiger partial charge on any atom is 0.0462 e. The predicted molar refractivity (Wildman–Crippen MR) is 311 cm³/mol. The van der Waals surface area contributed by atoms with Crippen molar-refractivity contribution < 1.29 is 0 Å². The van der Waals surface area contributed by atoms with Gasteiger partial charge in [-0.25, -0.2) is 0 Å². The van der Waals surface area contributed by atoms with Crippen LogP contribution in [-0.2, 0) is 5.41 Å². The van der Waals surface area contributed by atoms with Gasteiger partial charge in [-0.1, -0.05) is 182 Å². The lowest BCUT2D eigenvalue weighted by molar-refractivity contribution is 0.168. The normalized spacial score (nSPS) is 18.7. The van der Waals surface area contributed by atoms with E-state index in [4.69, 9.17) is 0 Å². The Kier molecular flexibility index (Phi) is 10.6. The highest BCUT2D eigenvalue weighted by atomic mass is 32.1. The molecule has 0 amide bonds. The number of allylic oxidation sites excluding steroid dienone is 2. The van der Waals surface area contributed by atoms with Gasteiger partial charge in [0.2, 0.25) is 0 Å². The Hall–Kier alpha value is -8.04. The Morgan fingerprint density at radius 3 is 1.59 bits per heavy atom. The molecule has 3 aliphatic carbocycles. The Bertz CT molecular complexity index is 3850. The minimum atomic E-state index is -0.226. The molecule has 11 aromatic rings. The van der Waals surface area contributed by atoms with Gasteiger partial charge in [0.15, 0.2) is 0 Å². The van der Waals surface area contributed by atoms with Crippen LogP contribution in [0.2, 0.25) is 0 Å². The fourth-order valence-electron chi connectivity index (χ4n) is 13.3. The van der Waals surface area contributed by atoms with Crippen LogP contribution < -0.4 is 4.90 Å². The molecule has 1 heterocycles. The van der Waals surface area contributed by atoms with Gasteiger partial charge in [-0.15, -0.1) is 11.3 Å². The van der Waals surface area contributed by atoms with Crippen molar-refractivity contribution in [2.24, 2.45) is 17.8 Å². The lowest BCUT2D eigenvalue weighted by atomic mass is 9.55. The number of hydrogen-bond acceptors (Lipinski definition) is 2. The fraction of sp³-hybridized carbons (Fsp3) is 0.127. The maximum absolute atomic E-state index is 2.75. The smallest absolute Gasteiger partial charge is 0.0462 e. The molecule has 4 atom stereocenters. The number of hydrogen-bond donors (Lipinski definition) is 0. The fourth-order valence-corrected chi connectivity index (χ4v) is 14.4. The quantitative estimate of drug-likeness (QED) is 0.137. The van der Waals surface area contributed by atoms with Crippen molar-refractivity contribution in [3.8, 4) is 66.8 Å². The summed E-state index contributed by atoms with van der Waals surface area (Å²) in [6, 6.07) is 88.4. The molecule has 0 saturated heterocycles. The first kappa shape index (κ1) is 43.7. The molecule has 14 rings (SSSR count). The third kappa shape index (κ3) is 7.42. The number of benzene rings is 10. The molecule has 1 spiro atoms. The number of thiophene rings is 1. The summed E-state index contributed by atoms with van der Waals surface area (Å²) >= 11 is 1.89. The molecule has 3 aliphatic rings.